The lowest BCUT2D eigenvalue weighted by molar-refractivity contribution is 0.471. The molecule has 0 radical (unpaired) electrons. The Morgan fingerprint density at radius 3 is 2.54 bits per heavy atom. The Morgan fingerprint density at radius 2 is 1.79 bits per heavy atom. The summed E-state index contributed by atoms with van der Waals surface area (Å²) in [7, 11) is 0. The monoisotopic (exact) mass is 344 g/mol. The van der Waals surface area contributed by atoms with Gasteiger partial charge in [-0.15, -0.1) is 0 Å². The van der Waals surface area contributed by atoms with Crippen LogP contribution in [0.2, 0.25) is 5.02 Å². The van der Waals surface area contributed by atoms with E-state index in [-0.39, 0.29) is 10.8 Å². The molecule has 0 saturated heterocycles. The van der Waals surface area contributed by atoms with E-state index >= 15 is 0 Å². The normalized spacial score (nSPS) is 10.5. The highest BCUT2D eigenvalue weighted by Crippen LogP contribution is 2.24. The molecular weight excluding hydrogens is 331 g/mol. The minimum Gasteiger partial charge on any atom is -0.508 e. The molecule has 3 rings (SSSR count). The number of hydrogen-bond acceptors (Lipinski definition) is 5. The molecule has 0 saturated carbocycles. The van der Waals surface area contributed by atoms with Gasteiger partial charge in [0.2, 0.25) is 5.95 Å². The van der Waals surface area contributed by atoms with Gasteiger partial charge in [-0.05, 0) is 42.8 Å². The Labute approximate surface area is 143 Å². The number of benzene rings is 2. The smallest absolute Gasteiger partial charge is 0.229 e. The Kier molecular flexibility index (Phi) is 4.48. The second-order valence-corrected chi connectivity index (χ2v) is 5.55. The van der Waals surface area contributed by atoms with Gasteiger partial charge in [0, 0.05) is 23.6 Å². The molecule has 0 atom stereocenters. The van der Waals surface area contributed by atoms with Gasteiger partial charge < -0.3 is 15.7 Å². The van der Waals surface area contributed by atoms with Crippen molar-refractivity contribution in [3.05, 3.63) is 65.1 Å². The topological polar surface area (TPSA) is 70.1 Å². The van der Waals surface area contributed by atoms with Crippen molar-refractivity contribution in [2.75, 3.05) is 10.6 Å². The summed E-state index contributed by atoms with van der Waals surface area (Å²) < 4.78 is 13.2. The number of phenols is 1. The lowest BCUT2D eigenvalue weighted by Gasteiger charge is -2.09. The average molecular weight is 345 g/mol. The molecule has 3 aromatic rings. The van der Waals surface area contributed by atoms with E-state index in [4.69, 9.17) is 11.6 Å². The van der Waals surface area contributed by atoms with Crippen LogP contribution in [0.25, 0.3) is 0 Å². The standard InChI is InChI=1S/C17H14ClFN4O/c1-10-2-3-12(9-15(10)24)21-16-6-7-20-17(23-16)22-11-4-5-14(19)13(18)8-11/h2-9,24H,1H3,(H2,20,21,22,23). The van der Waals surface area contributed by atoms with E-state index in [9.17, 15) is 9.50 Å². The van der Waals surface area contributed by atoms with Gasteiger partial charge in [-0.3, -0.25) is 0 Å². The van der Waals surface area contributed by atoms with Crippen molar-refractivity contribution in [2.45, 2.75) is 6.92 Å². The van der Waals surface area contributed by atoms with Crippen molar-refractivity contribution in [3.63, 3.8) is 0 Å². The number of aryl methyl sites for hydroxylation is 1. The van der Waals surface area contributed by atoms with Crippen molar-refractivity contribution in [1.82, 2.24) is 9.97 Å². The zero-order chi connectivity index (χ0) is 17.1. The highest BCUT2D eigenvalue weighted by molar-refractivity contribution is 6.31. The minimum atomic E-state index is -0.488. The van der Waals surface area contributed by atoms with Crippen LogP contribution in [-0.4, -0.2) is 15.1 Å². The van der Waals surface area contributed by atoms with Crippen molar-refractivity contribution >= 4 is 34.7 Å². The molecule has 24 heavy (non-hydrogen) atoms. The van der Waals surface area contributed by atoms with Gasteiger partial charge in [-0.25, -0.2) is 9.37 Å². The van der Waals surface area contributed by atoms with E-state index in [0.717, 1.165) is 5.56 Å². The van der Waals surface area contributed by atoms with E-state index < -0.39 is 5.82 Å². The van der Waals surface area contributed by atoms with Gasteiger partial charge in [0.25, 0.3) is 0 Å². The summed E-state index contributed by atoms with van der Waals surface area (Å²) >= 11 is 5.75. The van der Waals surface area contributed by atoms with Gasteiger partial charge in [-0.1, -0.05) is 17.7 Å². The molecule has 0 amide bonds. The second-order valence-electron chi connectivity index (χ2n) is 5.15. The summed E-state index contributed by atoms with van der Waals surface area (Å²) in [5.41, 5.74) is 2.07. The van der Waals surface area contributed by atoms with Gasteiger partial charge in [0.05, 0.1) is 5.02 Å². The first-order chi connectivity index (χ1) is 11.5. The molecule has 5 nitrogen and oxygen atoms in total. The van der Waals surface area contributed by atoms with Crippen LogP contribution in [0, 0.1) is 12.7 Å². The number of halogens is 2. The third-order valence-electron chi connectivity index (χ3n) is 3.31. The number of anilines is 4. The van der Waals surface area contributed by atoms with Crippen molar-refractivity contribution in [1.29, 1.82) is 0 Å². The molecule has 3 N–H and O–H groups in total. The predicted octanol–water partition coefficient (Wildman–Crippen LogP) is 4.77. The summed E-state index contributed by atoms with van der Waals surface area (Å²) in [6, 6.07) is 11.2. The fraction of sp³-hybridized carbons (Fsp3) is 0.0588. The fourth-order valence-electron chi connectivity index (χ4n) is 2.03. The number of rotatable bonds is 4. The van der Waals surface area contributed by atoms with Gasteiger partial charge in [0.1, 0.15) is 17.4 Å². The molecule has 122 valence electrons. The van der Waals surface area contributed by atoms with Crippen molar-refractivity contribution in [2.24, 2.45) is 0 Å². The molecule has 0 unspecified atom stereocenters. The zero-order valence-electron chi connectivity index (χ0n) is 12.7. The van der Waals surface area contributed by atoms with Crippen LogP contribution in [0.5, 0.6) is 5.75 Å². The number of aromatic nitrogens is 2. The van der Waals surface area contributed by atoms with E-state index in [1.807, 2.05) is 13.0 Å². The first-order valence-corrected chi connectivity index (χ1v) is 7.51. The van der Waals surface area contributed by atoms with Crippen molar-refractivity contribution in [3.8, 4) is 5.75 Å². The first-order valence-electron chi connectivity index (χ1n) is 7.13. The molecule has 0 spiro atoms. The van der Waals surface area contributed by atoms with Crippen LogP contribution < -0.4 is 10.6 Å². The van der Waals surface area contributed by atoms with Gasteiger partial charge in [-0.2, -0.15) is 4.98 Å². The van der Waals surface area contributed by atoms with Crippen LogP contribution in [0.1, 0.15) is 5.56 Å². The third-order valence-corrected chi connectivity index (χ3v) is 3.60. The molecule has 0 bridgehead atoms. The SMILES string of the molecule is Cc1ccc(Nc2ccnc(Nc3ccc(F)c(Cl)c3)n2)cc1O. The summed E-state index contributed by atoms with van der Waals surface area (Å²) in [5, 5.41) is 15.8. The number of nitrogens with one attached hydrogen (secondary N) is 2. The lowest BCUT2D eigenvalue weighted by atomic mass is 10.2. The summed E-state index contributed by atoms with van der Waals surface area (Å²) in [6.45, 7) is 1.82. The molecule has 1 aromatic heterocycles. The Balaban J connectivity index is 1.78. The number of aromatic hydroxyl groups is 1. The summed E-state index contributed by atoms with van der Waals surface area (Å²) in [5.74, 6) is 0.592. The van der Waals surface area contributed by atoms with Crippen LogP contribution in [0.15, 0.2) is 48.7 Å². The summed E-state index contributed by atoms with van der Waals surface area (Å²) in [6.07, 6.45) is 1.58. The maximum Gasteiger partial charge on any atom is 0.229 e. The fourth-order valence-corrected chi connectivity index (χ4v) is 2.21. The minimum absolute atomic E-state index is 0.0180. The first kappa shape index (κ1) is 16.0. The molecule has 0 aliphatic rings. The van der Waals surface area contributed by atoms with E-state index in [0.29, 0.717) is 23.1 Å². The van der Waals surface area contributed by atoms with Gasteiger partial charge >= 0.3 is 0 Å². The molecule has 1 heterocycles. The second kappa shape index (κ2) is 6.72. The maximum absolute atomic E-state index is 13.2. The number of phenolic OH excluding ortho intramolecular Hbond substituents is 1. The summed E-state index contributed by atoms with van der Waals surface area (Å²) in [4.78, 5) is 8.43. The Morgan fingerprint density at radius 1 is 1.04 bits per heavy atom. The van der Waals surface area contributed by atoms with Crippen LogP contribution in [0.3, 0.4) is 0 Å². The van der Waals surface area contributed by atoms with Crippen LogP contribution in [0.4, 0.5) is 27.5 Å². The van der Waals surface area contributed by atoms with E-state index in [1.54, 1.807) is 30.5 Å². The number of hydrogen-bond donors (Lipinski definition) is 3. The number of nitrogens with zero attached hydrogens (tertiary/aromatic N) is 2. The molecule has 0 fully saturated rings. The Bertz CT molecular complexity index is 819. The highest BCUT2D eigenvalue weighted by Gasteiger charge is 2.05. The zero-order valence-corrected chi connectivity index (χ0v) is 13.5. The molecule has 2 aromatic carbocycles. The lowest BCUT2D eigenvalue weighted by Crippen LogP contribution is -2.00. The molecule has 7 heteroatoms. The van der Waals surface area contributed by atoms with Crippen LogP contribution in [-0.2, 0) is 0 Å². The highest BCUT2D eigenvalue weighted by atomic mass is 35.5. The largest absolute Gasteiger partial charge is 0.508 e. The molecule has 0 aliphatic carbocycles. The average Bonchev–Trinajstić information content (AvgIpc) is 2.55. The quantitative estimate of drug-likeness (QED) is 0.636. The van der Waals surface area contributed by atoms with Crippen molar-refractivity contribution < 1.29 is 9.50 Å². The predicted molar refractivity (Wildman–Crippen MR) is 92.9 cm³/mol. The maximum atomic E-state index is 13.2. The van der Waals surface area contributed by atoms with E-state index in [1.165, 1.54) is 12.1 Å². The van der Waals surface area contributed by atoms with Gasteiger partial charge in [0.15, 0.2) is 0 Å². The molecule has 0 aliphatic heterocycles. The van der Waals surface area contributed by atoms with Crippen LogP contribution >= 0.6 is 11.6 Å². The Hall–Kier alpha value is -2.86. The van der Waals surface area contributed by atoms with E-state index in [2.05, 4.69) is 20.6 Å². The molecular formula is C17H14ClFN4O. The third kappa shape index (κ3) is 3.72.